The number of unbranched alkanes of at least 4 members (excludes halogenated alkanes) is 1. The van der Waals surface area contributed by atoms with Gasteiger partial charge in [-0.25, -0.2) is 13.4 Å². The summed E-state index contributed by atoms with van der Waals surface area (Å²) >= 11 is 0. The molecular formula is C28H31N3O4S. The topological polar surface area (TPSA) is 105 Å². The normalized spacial score (nSPS) is 13.2. The number of sulfone groups is 1. The van der Waals surface area contributed by atoms with E-state index in [0.717, 1.165) is 43.4 Å². The summed E-state index contributed by atoms with van der Waals surface area (Å²) in [5.74, 6) is -0.0406. The van der Waals surface area contributed by atoms with Crippen molar-refractivity contribution in [2.45, 2.75) is 50.5 Å². The van der Waals surface area contributed by atoms with E-state index in [1.54, 1.807) is 18.2 Å². The summed E-state index contributed by atoms with van der Waals surface area (Å²) < 4.78 is 24.7. The molecule has 0 bridgehead atoms. The van der Waals surface area contributed by atoms with Gasteiger partial charge >= 0.3 is 0 Å². The molecule has 0 aliphatic heterocycles. The quantitative estimate of drug-likeness (QED) is 0.380. The number of benzene rings is 2. The second-order valence-corrected chi connectivity index (χ2v) is 11.2. The van der Waals surface area contributed by atoms with Crippen LogP contribution in [-0.2, 0) is 27.5 Å². The van der Waals surface area contributed by atoms with Crippen LogP contribution in [0.5, 0.6) is 0 Å². The third kappa shape index (κ3) is 7.01. The lowest BCUT2D eigenvalue weighted by atomic mass is 10.00. The molecule has 0 atom stereocenters. The van der Waals surface area contributed by atoms with E-state index in [1.807, 2.05) is 36.4 Å². The highest BCUT2D eigenvalue weighted by Crippen LogP contribution is 2.31. The zero-order chi connectivity index (χ0) is 25.5. The highest BCUT2D eigenvalue weighted by Gasteiger charge is 2.29. The summed E-state index contributed by atoms with van der Waals surface area (Å²) in [5, 5.41) is 5.87. The molecule has 36 heavy (non-hydrogen) atoms. The first kappa shape index (κ1) is 25.6. The van der Waals surface area contributed by atoms with Crippen molar-refractivity contribution in [1.29, 1.82) is 0 Å². The molecule has 0 unspecified atom stereocenters. The Morgan fingerprint density at radius 2 is 1.75 bits per heavy atom. The smallest absolute Gasteiger partial charge is 0.255 e. The number of nitrogens with one attached hydrogen (secondary N) is 2. The molecule has 2 aromatic carbocycles. The monoisotopic (exact) mass is 505 g/mol. The first-order valence-electron chi connectivity index (χ1n) is 12.3. The van der Waals surface area contributed by atoms with Crippen LogP contribution in [0.25, 0.3) is 0 Å². The van der Waals surface area contributed by atoms with Gasteiger partial charge in [0.05, 0.1) is 12.2 Å². The molecule has 0 radical (unpaired) electrons. The van der Waals surface area contributed by atoms with Gasteiger partial charge in [0.25, 0.3) is 5.91 Å². The van der Waals surface area contributed by atoms with Gasteiger partial charge in [0.1, 0.15) is 0 Å². The number of rotatable bonds is 11. The minimum atomic E-state index is -3.38. The van der Waals surface area contributed by atoms with Gasteiger partial charge in [-0.05, 0) is 79.1 Å². The molecule has 8 heteroatoms. The van der Waals surface area contributed by atoms with Crippen LogP contribution in [0.15, 0.2) is 71.9 Å². The van der Waals surface area contributed by atoms with Crippen LogP contribution >= 0.6 is 0 Å². The summed E-state index contributed by atoms with van der Waals surface area (Å²) in [6.07, 6.45) is 6.05. The predicted octanol–water partition coefficient (Wildman–Crippen LogP) is 5.04. The number of aryl methyl sites for hydroxylation is 1. The van der Waals surface area contributed by atoms with Gasteiger partial charge in [0.15, 0.2) is 14.9 Å². The average molecular weight is 506 g/mol. The van der Waals surface area contributed by atoms with Gasteiger partial charge in [0, 0.05) is 23.1 Å². The molecule has 4 rings (SSSR count). The number of carbonyl (C=O) groups is 2. The van der Waals surface area contributed by atoms with Gasteiger partial charge in [-0.3, -0.25) is 9.59 Å². The van der Waals surface area contributed by atoms with Gasteiger partial charge < -0.3 is 10.6 Å². The van der Waals surface area contributed by atoms with Crippen LogP contribution < -0.4 is 10.6 Å². The lowest BCUT2D eigenvalue weighted by Crippen LogP contribution is -2.17. The third-order valence-corrected chi connectivity index (χ3v) is 7.89. The third-order valence-electron chi connectivity index (χ3n) is 6.10. The minimum absolute atomic E-state index is 0.0588. The second kappa shape index (κ2) is 11.5. The molecule has 1 heterocycles. The summed E-state index contributed by atoms with van der Waals surface area (Å²) in [6.45, 7) is 2.09. The fourth-order valence-electron chi connectivity index (χ4n) is 3.96. The van der Waals surface area contributed by atoms with Crippen molar-refractivity contribution in [3.8, 4) is 0 Å². The van der Waals surface area contributed by atoms with Crippen molar-refractivity contribution in [3.05, 3.63) is 83.6 Å². The number of carbonyl (C=O) groups excluding carboxylic acids is 2. The molecular weight excluding hydrogens is 474 g/mol. The molecule has 0 saturated heterocycles. The maximum absolute atomic E-state index is 12.9. The van der Waals surface area contributed by atoms with E-state index in [4.69, 9.17) is 0 Å². The Bertz CT molecular complexity index is 1320. The second-order valence-electron chi connectivity index (χ2n) is 9.25. The standard InChI is InChI=1S/C28H31N3O4S/c1-2-3-7-22-17-24(13-14-25(22)28(33)31-23-8-5-4-6-9-23)30-26(32)16-21-12-15-27(29-18-21)36(34,35)19-20-10-11-20/h4-6,8-9,12-15,17-18,20H,2-3,7,10-11,16,19H2,1H3,(H,30,32)(H,31,33). The van der Waals surface area contributed by atoms with Crippen molar-refractivity contribution in [1.82, 2.24) is 4.98 Å². The minimum Gasteiger partial charge on any atom is -0.326 e. The predicted molar refractivity (Wildman–Crippen MR) is 141 cm³/mol. The summed E-state index contributed by atoms with van der Waals surface area (Å²) in [7, 11) is -3.38. The highest BCUT2D eigenvalue weighted by molar-refractivity contribution is 7.91. The van der Waals surface area contributed by atoms with Gasteiger partial charge in [0.2, 0.25) is 5.91 Å². The number of amides is 2. The van der Waals surface area contributed by atoms with Gasteiger partial charge in [-0.1, -0.05) is 37.6 Å². The number of anilines is 2. The van der Waals surface area contributed by atoms with Crippen LogP contribution in [0.1, 0.15) is 54.1 Å². The van der Waals surface area contributed by atoms with Gasteiger partial charge in [-0.15, -0.1) is 0 Å². The van der Waals surface area contributed by atoms with Crippen LogP contribution in [0.4, 0.5) is 11.4 Å². The molecule has 0 spiro atoms. The molecule has 1 fully saturated rings. The summed E-state index contributed by atoms with van der Waals surface area (Å²) in [6, 6.07) is 17.7. The molecule has 188 valence electrons. The first-order valence-corrected chi connectivity index (χ1v) is 14.0. The largest absolute Gasteiger partial charge is 0.326 e. The molecule has 2 amide bonds. The number of pyridine rings is 1. The molecule has 3 aromatic rings. The molecule has 7 nitrogen and oxygen atoms in total. The number of para-hydroxylation sites is 1. The Kier molecular flexibility index (Phi) is 8.15. The first-order chi connectivity index (χ1) is 17.3. The Morgan fingerprint density at radius 1 is 0.972 bits per heavy atom. The number of aromatic nitrogens is 1. The van der Waals surface area contributed by atoms with Crippen molar-refractivity contribution in [3.63, 3.8) is 0 Å². The van der Waals surface area contributed by atoms with Gasteiger partial charge in [-0.2, -0.15) is 0 Å². The van der Waals surface area contributed by atoms with E-state index in [9.17, 15) is 18.0 Å². The number of hydrogen-bond acceptors (Lipinski definition) is 5. The zero-order valence-corrected chi connectivity index (χ0v) is 21.2. The Morgan fingerprint density at radius 3 is 2.42 bits per heavy atom. The van der Waals surface area contributed by atoms with Crippen LogP contribution in [0.3, 0.4) is 0 Å². The van der Waals surface area contributed by atoms with E-state index in [-0.39, 0.29) is 34.9 Å². The Hall–Kier alpha value is -3.52. The van der Waals surface area contributed by atoms with E-state index in [0.29, 0.717) is 16.8 Å². The van der Waals surface area contributed by atoms with E-state index < -0.39 is 9.84 Å². The maximum Gasteiger partial charge on any atom is 0.255 e. The van der Waals surface area contributed by atoms with Crippen LogP contribution in [0, 0.1) is 5.92 Å². The highest BCUT2D eigenvalue weighted by atomic mass is 32.2. The van der Waals surface area contributed by atoms with Crippen molar-refractivity contribution >= 4 is 33.0 Å². The van der Waals surface area contributed by atoms with Crippen molar-refractivity contribution in [2.75, 3.05) is 16.4 Å². The molecule has 1 aliphatic rings. The number of hydrogen-bond donors (Lipinski definition) is 2. The fourth-order valence-corrected chi connectivity index (χ4v) is 5.57. The fraction of sp³-hybridized carbons (Fsp3) is 0.321. The molecule has 1 aliphatic carbocycles. The van der Waals surface area contributed by atoms with E-state index in [1.165, 1.54) is 12.3 Å². The van der Waals surface area contributed by atoms with Crippen LogP contribution in [-0.4, -0.2) is 31.0 Å². The Balaban J connectivity index is 1.41. The lowest BCUT2D eigenvalue weighted by Gasteiger charge is -2.13. The summed E-state index contributed by atoms with van der Waals surface area (Å²) in [4.78, 5) is 29.6. The lowest BCUT2D eigenvalue weighted by molar-refractivity contribution is -0.115. The average Bonchev–Trinajstić information content (AvgIpc) is 3.67. The van der Waals surface area contributed by atoms with Crippen LogP contribution in [0.2, 0.25) is 0 Å². The zero-order valence-electron chi connectivity index (χ0n) is 20.4. The SMILES string of the molecule is CCCCc1cc(NC(=O)Cc2ccc(S(=O)(=O)CC3CC3)nc2)ccc1C(=O)Nc1ccccc1. The number of nitrogens with zero attached hydrogens (tertiary/aromatic N) is 1. The molecule has 1 saturated carbocycles. The molecule has 2 N–H and O–H groups in total. The summed E-state index contributed by atoms with van der Waals surface area (Å²) in [5.41, 5.74) is 3.41. The van der Waals surface area contributed by atoms with E-state index in [2.05, 4.69) is 22.5 Å². The van der Waals surface area contributed by atoms with Crippen molar-refractivity contribution in [2.24, 2.45) is 5.92 Å². The molecule has 1 aromatic heterocycles. The van der Waals surface area contributed by atoms with Crippen molar-refractivity contribution < 1.29 is 18.0 Å². The Labute approximate surface area is 212 Å². The van der Waals surface area contributed by atoms with E-state index >= 15 is 0 Å². The maximum atomic E-state index is 12.9.